The molecule has 0 amide bonds. The molecule has 0 bridgehead atoms. The van der Waals surface area contributed by atoms with Crippen molar-refractivity contribution in [2.24, 2.45) is 0 Å². The van der Waals surface area contributed by atoms with E-state index in [9.17, 15) is 0 Å². The van der Waals surface area contributed by atoms with Crippen LogP contribution < -0.4 is 4.74 Å². The molecular weight excluding hydrogens is 162 g/mol. The fourth-order valence-electron chi connectivity index (χ4n) is 0.902. The van der Waals surface area contributed by atoms with Gasteiger partial charge in [-0.3, -0.25) is 0 Å². The predicted octanol–water partition coefficient (Wildman–Crippen LogP) is 2.14. The Labute approximate surface area is 71.2 Å². The molecule has 1 rings (SSSR count). The van der Waals surface area contributed by atoms with Gasteiger partial charge < -0.3 is 4.74 Å². The van der Waals surface area contributed by atoms with Crippen molar-refractivity contribution in [3.63, 3.8) is 0 Å². The van der Waals surface area contributed by atoms with Crippen molar-refractivity contribution >= 4 is 11.6 Å². The number of methoxy groups -OCH3 is 1. The van der Waals surface area contributed by atoms with Crippen molar-refractivity contribution in [1.82, 2.24) is 4.98 Å². The maximum absolute atomic E-state index is 5.70. The van der Waals surface area contributed by atoms with Crippen LogP contribution in [0.15, 0.2) is 12.3 Å². The molecule has 0 spiro atoms. The van der Waals surface area contributed by atoms with E-state index in [2.05, 4.69) is 4.98 Å². The molecule has 0 aliphatic carbocycles. The Balaban J connectivity index is 3.13. The maximum atomic E-state index is 5.70. The molecule has 0 atom stereocenters. The van der Waals surface area contributed by atoms with E-state index < -0.39 is 0 Å². The van der Waals surface area contributed by atoms with Crippen molar-refractivity contribution in [2.45, 2.75) is 12.8 Å². The zero-order valence-corrected chi connectivity index (χ0v) is 7.35. The van der Waals surface area contributed by atoms with Crippen LogP contribution in [0, 0.1) is 6.92 Å². The molecule has 11 heavy (non-hydrogen) atoms. The molecule has 0 aliphatic rings. The number of rotatable bonds is 2. The molecule has 0 saturated carbocycles. The highest BCUT2D eigenvalue weighted by Crippen LogP contribution is 2.19. The Morgan fingerprint density at radius 2 is 2.36 bits per heavy atom. The van der Waals surface area contributed by atoms with E-state index in [0.29, 0.717) is 11.8 Å². The van der Waals surface area contributed by atoms with Crippen LogP contribution in [0.4, 0.5) is 0 Å². The van der Waals surface area contributed by atoms with Gasteiger partial charge in [0.2, 0.25) is 5.88 Å². The van der Waals surface area contributed by atoms with E-state index in [1.165, 1.54) is 0 Å². The summed E-state index contributed by atoms with van der Waals surface area (Å²) in [4.78, 5) is 4.02. The number of pyridine rings is 1. The van der Waals surface area contributed by atoms with Gasteiger partial charge in [-0.05, 0) is 18.6 Å². The minimum absolute atomic E-state index is 0.447. The molecule has 0 saturated heterocycles. The number of aromatic nitrogens is 1. The Hall–Kier alpha value is -0.760. The Bertz CT molecular complexity index is 250. The molecule has 0 unspecified atom stereocenters. The van der Waals surface area contributed by atoms with Gasteiger partial charge in [-0.25, -0.2) is 4.98 Å². The molecule has 0 radical (unpaired) electrons. The van der Waals surface area contributed by atoms with Crippen molar-refractivity contribution in [3.8, 4) is 5.88 Å². The highest BCUT2D eigenvalue weighted by atomic mass is 35.5. The summed E-state index contributed by atoms with van der Waals surface area (Å²) in [7, 11) is 1.60. The normalized spacial score (nSPS) is 9.73. The van der Waals surface area contributed by atoms with E-state index in [1.807, 2.05) is 13.0 Å². The molecule has 0 aliphatic heterocycles. The average Bonchev–Trinajstić information content (AvgIpc) is 2.04. The van der Waals surface area contributed by atoms with Gasteiger partial charge in [0.1, 0.15) is 0 Å². The van der Waals surface area contributed by atoms with Crippen LogP contribution >= 0.6 is 11.6 Å². The van der Waals surface area contributed by atoms with Gasteiger partial charge in [-0.2, -0.15) is 0 Å². The van der Waals surface area contributed by atoms with Crippen LogP contribution in [0.2, 0.25) is 0 Å². The summed E-state index contributed by atoms with van der Waals surface area (Å²) in [6.45, 7) is 1.99. The zero-order valence-electron chi connectivity index (χ0n) is 6.60. The molecule has 1 aromatic heterocycles. The third-order valence-electron chi connectivity index (χ3n) is 1.58. The first-order chi connectivity index (χ1) is 5.29. The van der Waals surface area contributed by atoms with Gasteiger partial charge in [-0.15, -0.1) is 11.6 Å². The minimum atomic E-state index is 0.447. The average molecular weight is 172 g/mol. The zero-order chi connectivity index (χ0) is 8.27. The maximum Gasteiger partial charge on any atom is 0.217 e. The molecule has 2 nitrogen and oxygen atoms in total. The fraction of sp³-hybridized carbons (Fsp3) is 0.375. The number of alkyl halides is 1. The molecule has 60 valence electrons. The second kappa shape index (κ2) is 3.58. The summed E-state index contributed by atoms with van der Waals surface area (Å²) < 4.78 is 5.02. The number of halogens is 1. The second-order valence-electron chi connectivity index (χ2n) is 2.25. The number of nitrogens with zero attached hydrogens (tertiary/aromatic N) is 1. The van der Waals surface area contributed by atoms with Gasteiger partial charge in [0.05, 0.1) is 13.0 Å². The number of ether oxygens (including phenoxy) is 1. The van der Waals surface area contributed by atoms with Crippen LogP contribution in [0.3, 0.4) is 0 Å². The lowest BCUT2D eigenvalue weighted by atomic mass is 10.2. The quantitative estimate of drug-likeness (QED) is 0.637. The van der Waals surface area contributed by atoms with E-state index in [4.69, 9.17) is 16.3 Å². The summed E-state index contributed by atoms with van der Waals surface area (Å²) in [5, 5.41) is 0. The highest BCUT2D eigenvalue weighted by molar-refractivity contribution is 6.17. The lowest BCUT2D eigenvalue weighted by Gasteiger charge is -2.05. The highest BCUT2D eigenvalue weighted by Gasteiger charge is 2.04. The van der Waals surface area contributed by atoms with Crippen LogP contribution in [-0.4, -0.2) is 12.1 Å². The first-order valence-electron chi connectivity index (χ1n) is 3.34. The van der Waals surface area contributed by atoms with Crippen molar-refractivity contribution in [1.29, 1.82) is 0 Å². The fourth-order valence-corrected chi connectivity index (χ4v) is 1.23. The minimum Gasteiger partial charge on any atom is -0.481 e. The first kappa shape index (κ1) is 8.34. The van der Waals surface area contributed by atoms with Gasteiger partial charge >= 0.3 is 0 Å². The van der Waals surface area contributed by atoms with E-state index in [-0.39, 0.29) is 0 Å². The predicted molar refractivity (Wildman–Crippen MR) is 45.1 cm³/mol. The summed E-state index contributed by atoms with van der Waals surface area (Å²) in [6, 6.07) is 1.92. The third-order valence-corrected chi connectivity index (χ3v) is 1.84. The standard InChI is InChI=1S/C8H10ClNO/c1-6-3-4-10-8(11-2)7(6)5-9/h3-4H,5H2,1-2H3. The van der Waals surface area contributed by atoms with Crippen LogP contribution in [-0.2, 0) is 5.88 Å². The largest absolute Gasteiger partial charge is 0.481 e. The molecule has 3 heteroatoms. The van der Waals surface area contributed by atoms with Crippen LogP contribution in [0.1, 0.15) is 11.1 Å². The lowest BCUT2D eigenvalue weighted by molar-refractivity contribution is 0.393. The molecule has 0 fully saturated rings. The smallest absolute Gasteiger partial charge is 0.217 e. The Morgan fingerprint density at radius 1 is 1.64 bits per heavy atom. The Morgan fingerprint density at radius 3 is 2.82 bits per heavy atom. The van der Waals surface area contributed by atoms with Gasteiger partial charge in [-0.1, -0.05) is 0 Å². The number of hydrogen-bond acceptors (Lipinski definition) is 2. The number of aryl methyl sites for hydroxylation is 1. The second-order valence-corrected chi connectivity index (χ2v) is 2.52. The summed E-state index contributed by atoms with van der Waals surface area (Å²) in [5.74, 6) is 1.07. The van der Waals surface area contributed by atoms with E-state index in [0.717, 1.165) is 11.1 Å². The monoisotopic (exact) mass is 171 g/mol. The molecule has 1 aromatic rings. The molecule has 0 aromatic carbocycles. The SMILES string of the molecule is COc1nccc(C)c1CCl. The van der Waals surface area contributed by atoms with Crippen LogP contribution in [0.5, 0.6) is 5.88 Å². The van der Waals surface area contributed by atoms with E-state index in [1.54, 1.807) is 13.3 Å². The lowest BCUT2D eigenvalue weighted by Crippen LogP contribution is -1.94. The first-order valence-corrected chi connectivity index (χ1v) is 3.87. The topological polar surface area (TPSA) is 22.1 Å². The van der Waals surface area contributed by atoms with E-state index >= 15 is 0 Å². The van der Waals surface area contributed by atoms with Gasteiger partial charge in [0, 0.05) is 11.8 Å². The molecule has 1 heterocycles. The summed E-state index contributed by atoms with van der Waals surface area (Å²) in [5.41, 5.74) is 2.09. The van der Waals surface area contributed by atoms with Gasteiger partial charge in [0.15, 0.2) is 0 Å². The van der Waals surface area contributed by atoms with Crippen molar-refractivity contribution in [2.75, 3.05) is 7.11 Å². The summed E-state index contributed by atoms with van der Waals surface area (Å²) >= 11 is 5.70. The van der Waals surface area contributed by atoms with Crippen molar-refractivity contribution < 1.29 is 4.74 Å². The number of hydrogen-bond donors (Lipinski definition) is 0. The third kappa shape index (κ3) is 1.63. The van der Waals surface area contributed by atoms with Crippen molar-refractivity contribution in [3.05, 3.63) is 23.4 Å². The summed E-state index contributed by atoms with van der Waals surface area (Å²) in [6.07, 6.45) is 1.71. The molecule has 0 N–H and O–H groups in total. The van der Waals surface area contributed by atoms with Crippen LogP contribution in [0.25, 0.3) is 0 Å². The van der Waals surface area contributed by atoms with Gasteiger partial charge in [0.25, 0.3) is 0 Å². The Kier molecular flexibility index (Phi) is 2.71. The molecular formula is C8H10ClNO.